The van der Waals surface area contributed by atoms with Crippen LogP contribution < -0.4 is 0 Å². The van der Waals surface area contributed by atoms with Crippen LogP contribution in [0.15, 0.2) is 30.6 Å². The first kappa shape index (κ1) is 12.4. The standard InChI is InChI=1S/C13H16N4O/c1-2-9-17-12(10-15-16-17)13(18)7-6-11-5-3-4-8-14-11/h3-5,8,10H,2,6-7,9H2,1H3. The number of aryl methyl sites for hydroxylation is 2. The Morgan fingerprint density at radius 2 is 2.28 bits per heavy atom. The molecule has 2 aromatic rings. The third kappa shape index (κ3) is 3.00. The molecule has 0 aliphatic heterocycles. The molecule has 0 radical (unpaired) electrons. The maximum Gasteiger partial charge on any atom is 0.182 e. The van der Waals surface area contributed by atoms with Crippen LogP contribution in [0.5, 0.6) is 0 Å². The summed E-state index contributed by atoms with van der Waals surface area (Å²) in [5, 5.41) is 7.71. The molecule has 0 fully saturated rings. The Kier molecular flexibility index (Phi) is 4.17. The van der Waals surface area contributed by atoms with Gasteiger partial charge in [-0.1, -0.05) is 18.2 Å². The number of carbonyl (C=O) groups excluding carboxylic acids is 1. The van der Waals surface area contributed by atoms with E-state index in [4.69, 9.17) is 0 Å². The predicted octanol–water partition coefficient (Wildman–Crippen LogP) is 1.90. The van der Waals surface area contributed by atoms with Crippen LogP contribution in [0.4, 0.5) is 0 Å². The molecule has 2 rings (SSSR count). The Hall–Kier alpha value is -2.04. The number of hydrogen-bond donors (Lipinski definition) is 0. The molecule has 0 aliphatic rings. The lowest BCUT2D eigenvalue weighted by Crippen LogP contribution is -2.11. The predicted molar refractivity (Wildman–Crippen MR) is 67.2 cm³/mol. The largest absolute Gasteiger partial charge is 0.292 e. The summed E-state index contributed by atoms with van der Waals surface area (Å²) in [4.78, 5) is 16.2. The van der Waals surface area contributed by atoms with E-state index in [9.17, 15) is 4.79 Å². The zero-order chi connectivity index (χ0) is 12.8. The highest BCUT2D eigenvalue weighted by molar-refractivity contribution is 5.94. The van der Waals surface area contributed by atoms with Crippen LogP contribution in [0.3, 0.4) is 0 Å². The van der Waals surface area contributed by atoms with Crippen molar-refractivity contribution in [1.82, 2.24) is 20.0 Å². The van der Waals surface area contributed by atoms with Crippen molar-refractivity contribution in [3.8, 4) is 0 Å². The first-order chi connectivity index (χ1) is 8.81. The topological polar surface area (TPSA) is 60.7 Å². The second kappa shape index (κ2) is 6.05. The smallest absolute Gasteiger partial charge is 0.182 e. The number of hydrogen-bond acceptors (Lipinski definition) is 4. The van der Waals surface area contributed by atoms with E-state index < -0.39 is 0 Å². The van der Waals surface area contributed by atoms with Gasteiger partial charge in [0.2, 0.25) is 0 Å². The lowest BCUT2D eigenvalue weighted by Gasteiger charge is -2.03. The van der Waals surface area contributed by atoms with Gasteiger partial charge in [-0.25, -0.2) is 4.68 Å². The van der Waals surface area contributed by atoms with Crippen LogP contribution in [0, 0.1) is 0 Å². The minimum Gasteiger partial charge on any atom is -0.292 e. The van der Waals surface area contributed by atoms with Crippen molar-refractivity contribution in [2.45, 2.75) is 32.7 Å². The minimum absolute atomic E-state index is 0.0686. The summed E-state index contributed by atoms with van der Waals surface area (Å²) in [5.41, 5.74) is 1.52. The second-order valence-electron chi connectivity index (χ2n) is 4.09. The van der Waals surface area contributed by atoms with Crippen LogP contribution in [0.25, 0.3) is 0 Å². The monoisotopic (exact) mass is 244 g/mol. The summed E-state index contributed by atoms with van der Waals surface area (Å²) in [6.45, 7) is 2.77. The van der Waals surface area contributed by atoms with Gasteiger partial charge in [0.25, 0.3) is 0 Å². The molecule has 2 heterocycles. The molecule has 0 spiro atoms. The van der Waals surface area contributed by atoms with Gasteiger partial charge in [-0.2, -0.15) is 0 Å². The number of ketones is 1. The number of rotatable bonds is 6. The average molecular weight is 244 g/mol. The molecule has 0 aromatic carbocycles. The van der Waals surface area contributed by atoms with Gasteiger partial charge in [0.15, 0.2) is 5.78 Å². The fraction of sp³-hybridized carbons (Fsp3) is 0.385. The van der Waals surface area contributed by atoms with E-state index in [1.807, 2.05) is 25.1 Å². The van der Waals surface area contributed by atoms with Gasteiger partial charge in [0.05, 0.1) is 6.20 Å². The van der Waals surface area contributed by atoms with Gasteiger partial charge < -0.3 is 0 Å². The van der Waals surface area contributed by atoms with Gasteiger partial charge in [-0.3, -0.25) is 9.78 Å². The van der Waals surface area contributed by atoms with Crippen molar-refractivity contribution in [2.75, 3.05) is 0 Å². The van der Waals surface area contributed by atoms with Crippen LogP contribution in [-0.4, -0.2) is 25.8 Å². The van der Waals surface area contributed by atoms with Crippen molar-refractivity contribution in [2.24, 2.45) is 0 Å². The normalized spacial score (nSPS) is 10.5. The Morgan fingerprint density at radius 3 is 3.00 bits per heavy atom. The summed E-state index contributed by atoms with van der Waals surface area (Å²) in [5.74, 6) is 0.0686. The van der Waals surface area contributed by atoms with Gasteiger partial charge in [-0.05, 0) is 25.0 Å². The van der Waals surface area contributed by atoms with Gasteiger partial charge in [0, 0.05) is 24.9 Å². The molecule has 5 nitrogen and oxygen atoms in total. The zero-order valence-electron chi connectivity index (χ0n) is 10.4. The van der Waals surface area contributed by atoms with Gasteiger partial charge in [-0.15, -0.1) is 5.10 Å². The molecular formula is C13H16N4O. The second-order valence-corrected chi connectivity index (χ2v) is 4.09. The summed E-state index contributed by atoms with van der Waals surface area (Å²) in [7, 11) is 0. The third-order valence-corrected chi connectivity index (χ3v) is 2.67. The van der Waals surface area contributed by atoms with E-state index >= 15 is 0 Å². The fourth-order valence-corrected chi connectivity index (χ4v) is 1.77. The lowest BCUT2D eigenvalue weighted by molar-refractivity contribution is 0.0972. The number of pyridine rings is 1. The lowest BCUT2D eigenvalue weighted by atomic mass is 10.1. The fourth-order valence-electron chi connectivity index (χ4n) is 1.77. The summed E-state index contributed by atoms with van der Waals surface area (Å²) >= 11 is 0. The van der Waals surface area contributed by atoms with Crippen LogP contribution in [-0.2, 0) is 13.0 Å². The highest BCUT2D eigenvalue weighted by Crippen LogP contribution is 2.06. The first-order valence-corrected chi connectivity index (χ1v) is 6.13. The Balaban J connectivity index is 1.97. The molecule has 5 heteroatoms. The SMILES string of the molecule is CCCn1nncc1C(=O)CCc1ccccn1. The molecule has 0 atom stereocenters. The highest BCUT2D eigenvalue weighted by atomic mass is 16.1. The molecule has 0 saturated carbocycles. The minimum atomic E-state index is 0.0686. The molecule has 18 heavy (non-hydrogen) atoms. The first-order valence-electron chi connectivity index (χ1n) is 6.13. The maximum atomic E-state index is 12.0. The molecule has 0 saturated heterocycles. The average Bonchev–Trinajstić information content (AvgIpc) is 2.86. The molecule has 0 unspecified atom stereocenters. The van der Waals surface area contributed by atoms with E-state index in [1.165, 1.54) is 6.20 Å². The van der Waals surface area contributed by atoms with Crippen molar-refractivity contribution < 1.29 is 4.79 Å². The molecule has 0 aliphatic carbocycles. The number of carbonyl (C=O) groups is 1. The van der Waals surface area contributed by atoms with Crippen LogP contribution >= 0.6 is 0 Å². The number of Topliss-reactive ketones (excluding diaryl/α,β-unsaturated/α-hetero) is 1. The van der Waals surface area contributed by atoms with E-state index in [1.54, 1.807) is 10.9 Å². The van der Waals surface area contributed by atoms with Crippen molar-refractivity contribution >= 4 is 5.78 Å². The molecule has 0 amide bonds. The molecule has 2 aromatic heterocycles. The van der Waals surface area contributed by atoms with E-state index in [0.717, 1.165) is 18.7 Å². The van der Waals surface area contributed by atoms with E-state index in [0.29, 0.717) is 18.5 Å². The quantitative estimate of drug-likeness (QED) is 0.728. The van der Waals surface area contributed by atoms with Crippen LogP contribution in [0.1, 0.15) is 35.9 Å². The number of aromatic nitrogens is 4. The van der Waals surface area contributed by atoms with Crippen molar-refractivity contribution in [3.63, 3.8) is 0 Å². The van der Waals surface area contributed by atoms with Gasteiger partial charge >= 0.3 is 0 Å². The molecule has 0 bridgehead atoms. The summed E-state index contributed by atoms with van der Waals surface area (Å²) < 4.78 is 1.67. The van der Waals surface area contributed by atoms with Crippen LogP contribution in [0.2, 0.25) is 0 Å². The molecule has 94 valence electrons. The Labute approximate surface area is 106 Å². The number of nitrogens with zero attached hydrogens (tertiary/aromatic N) is 4. The van der Waals surface area contributed by atoms with Gasteiger partial charge in [0.1, 0.15) is 5.69 Å². The maximum absolute atomic E-state index is 12.0. The Morgan fingerprint density at radius 1 is 1.39 bits per heavy atom. The van der Waals surface area contributed by atoms with E-state index in [2.05, 4.69) is 15.3 Å². The highest BCUT2D eigenvalue weighted by Gasteiger charge is 2.12. The third-order valence-electron chi connectivity index (χ3n) is 2.67. The van der Waals surface area contributed by atoms with E-state index in [-0.39, 0.29) is 5.78 Å². The Bertz CT molecular complexity index is 507. The molecular weight excluding hydrogens is 228 g/mol. The van der Waals surface area contributed by atoms with Crippen molar-refractivity contribution in [3.05, 3.63) is 42.0 Å². The summed E-state index contributed by atoms with van der Waals surface area (Å²) in [6.07, 6.45) is 5.30. The summed E-state index contributed by atoms with van der Waals surface area (Å²) in [6, 6.07) is 5.72. The zero-order valence-corrected chi connectivity index (χ0v) is 10.4. The molecule has 0 N–H and O–H groups in total. The van der Waals surface area contributed by atoms with Crippen molar-refractivity contribution in [1.29, 1.82) is 0 Å².